The van der Waals surface area contributed by atoms with Crippen LogP contribution in [0.4, 0.5) is 10.1 Å². The number of hydrogen-bond acceptors (Lipinski definition) is 4. The number of carbonyl (C=O) groups is 1. The topological polar surface area (TPSA) is 97.1 Å². The Hall–Kier alpha value is -4.53. The van der Waals surface area contributed by atoms with E-state index < -0.39 is 11.5 Å². The smallest absolute Gasteiger partial charge is 0.322 e. The lowest BCUT2D eigenvalue weighted by Gasteiger charge is -2.10. The van der Waals surface area contributed by atoms with Crippen molar-refractivity contribution in [2.45, 2.75) is 13.5 Å². The van der Waals surface area contributed by atoms with Crippen LogP contribution in [0.5, 0.6) is 0 Å². The van der Waals surface area contributed by atoms with Gasteiger partial charge in [0.1, 0.15) is 5.82 Å². The molecule has 5 aromatic rings. The highest BCUT2D eigenvalue weighted by molar-refractivity contribution is 6.09. The Labute approximate surface area is 187 Å². The number of nitrogens with one attached hydrogen (secondary N) is 2. The molecule has 33 heavy (non-hydrogen) atoms. The van der Waals surface area contributed by atoms with Crippen LogP contribution in [0.1, 0.15) is 21.5 Å². The van der Waals surface area contributed by atoms with Crippen molar-refractivity contribution in [3.8, 4) is 11.4 Å². The first-order valence-electron chi connectivity index (χ1n) is 10.2. The number of aryl methyl sites for hydroxylation is 1. The molecule has 0 bridgehead atoms. The predicted molar refractivity (Wildman–Crippen MR) is 122 cm³/mol. The SMILES string of the molecule is Cc1cc(F)c(-c2nn(Cc3ccccc3)c(=O)[nH]2)cc1NC(=O)c1cnn2ccccc12. The first-order valence-corrected chi connectivity index (χ1v) is 10.2. The zero-order valence-electron chi connectivity index (χ0n) is 17.6. The van der Waals surface area contributed by atoms with E-state index in [4.69, 9.17) is 0 Å². The molecule has 3 aromatic heterocycles. The summed E-state index contributed by atoms with van der Waals surface area (Å²) in [5.74, 6) is -0.845. The number of aromatic amines is 1. The molecule has 2 aromatic carbocycles. The fourth-order valence-electron chi connectivity index (χ4n) is 3.63. The number of aromatic nitrogens is 5. The van der Waals surface area contributed by atoms with Crippen LogP contribution in [0.2, 0.25) is 0 Å². The first-order chi connectivity index (χ1) is 16.0. The van der Waals surface area contributed by atoms with Gasteiger partial charge in [0.05, 0.1) is 29.4 Å². The second-order valence-electron chi connectivity index (χ2n) is 7.61. The molecule has 2 N–H and O–H groups in total. The van der Waals surface area contributed by atoms with Gasteiger partial charge in [-0.3, -0.25) is 9.78 Å². The van der Waals surface area contributed by atoms with Crippen molar-refractivity contribution < 1.29 is 9.18 Å². The molecular formula is C24H19FN6O2. The van der Waals surface area contributed by atoms with E-state index in [0.717, 1.165) is 5.56 Å². The molecule has 9 heteroatoms. The number of pyridine rings is 1. The monoisotopic (exact) mass is 442 g/mol. The minimum atomic E-state index is -0.554. The van der Waals surface area contributed by atoms with Gasteiger partial charge in [0.2, 0.25) is 0 Å². The summed E-state index contributed by atoms with van der Waals surface area (Å²) in [5, 5.41) is 11.3. The molecule has 0 aliphatic heterocycles. The van der Waals surface area contributed by atoms with Gasteiger partial charge in [-0.2, -0.15) is 5.10 Å². The van der Waals surface area contributed by atoms with Gasteiger partial charge in [-0.25, -0.2) is 18.4 Å². The average molecular weight is 442 g/mol. The van der Waals surface area contributed by atoms with Crippen LogP contribution in [0.3, 0.4) is 0 Å². The molecule has 3 heterocycles. The van der Waals surface area contributed by atoms with Crippen LogP contribution >= 0.6 is 0 Å². The fourth-order valence-corrected chi connectivity index (χ4v) is 3.63. The maximum absolute atomic E-state index is 14.8. The van der Waals surface area contributed by atoms with Gasteiger partial charge < -0.3 is 5.32 Å². The van der Waals surface area contributed by atoms with Crippen molar-refractivity contribution in [3.63, 3.8) is 0 Å². The van der Waals surface area contributed by atoms with Crippen molar-refractivity contribution >= 4 is 17.1 Å². The number of fused-ring (bicyclic) bond motifs is 1. The van der Waals surface area contributed by atoms with E-state index in [0.29, 0.717) is 22.3 Å². The van der Waals surface area contributed by atoms with E-state index in [9.17, 15) is 14.0 Å². The number of rotatable bonds is 5. The first kappa shape index (κ1) is 20.4. The number of nitrogens with zero attached hydrogens (tertiary/aromatic N) is 4. The third kappa shape index (κ3) is 3.91. The van der Waals surface area contributed by atoms with Gasteiger partial charge in [-0.05, 0) is 42.3 Å². The second kappa shape index (κ2) is 8.19. The standard InChI is InChI=1S/C24H19FN6O2/c1-15-11-19(25)17(22-28-24(33)31(29-22)14-16-7-3-2-4-8-16)12-20(15)27-23(32)18-13-26-30-10-6-5-9-21(18)30/h2-13H,14H2,1H3,(H,27,32)(H,28,29,33). The largest absolute Gasteiger partial charge is 0.343 e. The lowest BCUT2D eigenvalue weighted by Crippen LogP contribution is -2.18. The summed E-state index contributed by atoms with van der Waals surface area (Å²) in [4.78, 5) is 27.9. The molecule has 1 amide bonds. The third-order valence-corrected chi connectivity index (χ3v) is 5.34. The summed E-state index contributed by atoms with van der Waals surface area (Å²) in [6, 6.07) is 17.6. The highest BCUT2D eigenvalue weighted by Crippen LogP contribution is 2.27. The number of halogens is 1. The van der Waals surface area contributed by atoms with Gasteiger partial charge in [-0.15, -0.1) is 5.10 Å². The summed E-state index contributed by atoms with van der Waals surface area (Å²) >= 11 is 0. The van der Waals surface area contributed by atoms with Crippen molar-refractivity contribution in [2.75, 3.05) is 5.32 Å². The zero-order valence-corrected chi connectivity index (χ0v) is 17.6. The van der Waals surface area contributed by atoms with E-state index in [1.165, 1.54) is 23.0 Å². The number of carbonyl (C=O) groups excluding carboxylic acids is 1. The van der Waals surface area contributed by atoms with E-state index in [1.807, 2.05) is 42.5 Å². The summed E-state index contributed by atoms with van der Waals surface area (Å²) in [6.45, 7) is 1.94. The summed E-state index contributed by atoms with van der Waals surface area (Å²) in [6.07, 6.45) is 3.22. The van der Waals surface area contributed by atoms with Gasteiger partial charge in [0, 0.05) is 11.9 Å². The number of amides is 1. The van der Waals surface area contributed by atoms with Crippen LogP contribution < -0.4 is 11.0 Å². The summed E-state index contributed by atoms with van der Waals surface area (Å²) < 4.78 is 17.6. The molecule has 0 aliphatic rings. The lowest BCUT2D eigenvalue weighted by atomic mass is 10.1. The van der Waals surface area contributed by atoms with Gasteiger partial charge in [0.15, 0.2) is 5.82 Å². The maximum Gasteiger partial charge on any atom is 0.343 e. The molecule has 0 aliphatic carbocycles. The van der Waals surface area contributed by atoms with E-state index in [-0.39, 0.29) is 23.8 Å². The van der Waals surface area contributed by atoms with Gasteiger partial charge >= 0.3 is 5.69 Å². The molecule has 0 atom stereocenters. The van der Waals surface area contributed by atoms with Crippen LogP contribution in [-0.2, 0) is 6.54 Å². The highest BCUT2D eigenvalue weighted by Gasteiger charge is 2.18. The van der Waals surface area contributed by atoms with Crippen molar-refractivity contribution in [3.05, 3.63) is 106 Å². The maximum atomic E-state index is 14.8. The van der Waals surface area contributed by atoms with E-state index in [2.05, 4.69) is 20.5 Å². The quantitative estimate of drug-likeness (QED) is 0.434. The number of H-pyrrole nitrogens is 1. The fraction of sp³-hybridized carbons (Fsp3) is 0.0833. The molecule has 0 fully saturated rings. The van der Waals surface area contributed by atoms with Crippen LogP contribution in [0.15, 0.2) is 77.9 Å². The minimum Gasteiger partial charge on any atom is -0.322 e. The lowest BCUT2D eigenvalue weighted by molar-refractivity contribution is 0.102. The van der Waals surface area contributed by atoms with E-state index in [1.54, 1.807) is 23.7 Å². The van der Waals surface area contributed by atoms with Gasteiger partial charge in [-0.1, -0.05) is 36.4 Å². The predicted octanol–water partition coefficient (Wildman–Crippen LogP) is 3.63. The molecule has 0 radical (unpaired) electrons. The van der Waals surface area contributed by atoms with Crippen molar-refractivity contribution in [1.29, 1.82) is 0 Å². The van der Waals surface area contributed by atoms with Crippen LogP contribution in [0.25, 0.3) is 16.9 Å². The van der Waals surface area contributed by atoms with Crippen LogP contribution in [0, 0.1) is 12.7 Å². The Morgan fingerprint density at radius 1 is 1.12 bits per heavy atom. The Balaban J connectivity index is 1.46. The molecule has 0 saturated carbocycles. The molecule has 0 unspecified atom stereocenters. The Bertz CT molecular complexity index is 1530. The average Bonchev–Trinajstić information content (AvgIpc) is 3.40. The molecule has 8 nitrogen and oxygen atoms in total. The van der Waals surface area contributed by atoms with Gasteiger partial charge in [0.25, 0.3) is 5.91 Å². The zero-order chi connectivity index (χ0) is 22.9. The highest BCUT2D eigenvalue weighted by atomic mass is 19.1. The Morgan fingerprint density at radius 3 is 2.73 bits per heavy atom. The molecule has 0 spiro atoms. The molecular weight excluding hydrogens is 423 g/mol. The summed E-state index contributed by atoms with van der Waals surface area (Å²) in [7, 11) is 0. The van der Waals surface area contributed by atoms with Crippen molar-refractivity contribution in [2.24, 2.45) is 0 Å². The molecule has 5 rings (SSSR count). The number of benzene rings is 2. The number of hydrogen-bond donors (Lipinski definition) is 2. The Morgan fingerprint density at radius 2 is 1.91 bits per heavy atom. The van der Waals surface area contributed by atoms with Crippen LogP contribution in [-0.4, -0.2) is 30.3 Å². The van der Waals surface area contributed by atoms with Crippen molar-refractivity contribution in [1.82, 2.24) is 24.4 Å². The third-order valence-electron chi connectivity index (χ3n) is 5.34. The minimum absolute atomic E-state index is 0.0830. The summed E-state index contributed by atoms with van der Waals surface area (Å²) in [5.41, 5.74) is 2.51. The molecule has 0 saturated heterocycles. The number of anilines is 1. The molecule has 164 valence electrons. The Kier molecular flexibility index (Phi) is 5.06. The normalized spacial score (nSPS) is 11.1. The van der Waals surface area contributed by atoms with E-state index >= 15 is 0 Å². The second-order valence-corrected chi connectivity index (χ2v) is 7.61.